The molecule has 1 aliphatic carbocycles. The highest BCUT2D eigenvalue weighted by Gasteiger charge is 2.28. The van der Waals surface area contributed by atoms with Crippen LogP contribution in [0.2, 0.25) is 5.02 Å². The van der Waals surface area contributed by atoms with Crippen LogP contribution in [0.15, 0.2) is 18.2 Å². The summed E-state index contributed by atoms with van der Waals surface area (Å²) in [7, 11) is 1.39. The van der Waals surface area contributed by atoms with E-state index in [1.54, 1.807) is 28.2 Å². The van der Waals surface area contributed by atoms with Crippen molar-refractivity contribution in [2.24, 2.45) is 5.92 Å². The number of fused-ring (bicyclic) bond motifs is 1. The third kappa shape index (κ3) is 4.82. The number of nitrogens with one attached hydrogen (secondary N) is 2. The predicted molar refractivity (Wildman–Crippen MR) is 139 cm³/mol. The molecule has 1 atom stereocenters. The number of hydrogen-bond donors (Lipinski definition) is 2. The lowest BCUT2D eigenvalue weighted by Gasteiger charge is -2.18. The van der Waals surface area contributed by atoms with E-state index < -0.39 is 0 Å². The Morgan fingerprint density at radius 2 is 2.15 bits per heavy atom. The standard InChI is InChI=1S/C24H26ClFN4O2S2/c1-12-8-9-15-19(10-12)34-22(20(15)23(31)32-4)28-24(33)27-21-13(2)29-30(14(21)3)11-16-17(25)6-5-7-18(16)26/h5-7,12H,8-11H2,1-4H3,(H2,27,28,33)/t12-/m1/s1. The van der Waals surface area contributed by atoms with Crippen molar-refractivity contribution in [2.75, 3.05) is 17.7 Å². The molecule has 0 radical (unpaired) electrons. The summed E-state index contributed by atoms with van der Waals surface area (Å²) in [6, 6.07) is 4.61. The summed E-state index contributed by atoms with van der Waals surface area (Å²) in [6.45, 7) is 6.15. The molecule has 10 heteroatoms. The molecule has 4 rings (SSSR count). The first-order valence-corrected chi connectivity index (χ1v) is 12.6. The number of carbonyl (C=O) groups excluding carboxylic acids is 1. The third-order valence-electron chi connectivity index (χ3n) is 6.12. The molecule has 0 saturated carbocycles. The van der Waals surface area contributed by atoms with Crippen LogP contribution in [-0.2, 0) is 24.1 Å². The monoisotopic (exact) mass is 520 g/mol. The van der Waals surface area contributed by atoms with Gasteiger partial charge >= 0.3 is 5.97 Å². The Kier molecular flexibility index (Phi) is 7.25. The quantitative estimate of drug-likeness (QED) is 0.312. The van der Waals surface area contributed by atoms with Crippen LogP contribution in [0.25, 0.3) is 0 Å². The van der Waals surface area contributed by atoms with Crippen molar-refractivity contribution in [1.82, 2.24) is 9.78 Å². The van der Waals surface area contributed by atoms with Crippen LogP contribution in [-0.4, -0.2) is 28.0 Å². The van der Waals surface area contributed by atoms with E-state index in [9.17, 15) is 9.18 Å². The van der Waals surface area contributed by atoms with Gasteiger partial charge < -0.3 is 15.4 Å². The van der Waals surface area contributed by atoms with Gasteiger partial charge in [0.05, 0.1) is 36.3 Å². The summed E-state index contributed by atoms with van der Waals surface area (Å²) in [6.07, 6.45) is 2.83. The molecule has 1 aromatic carbocycles. The maximum atomic E-state index is 14.3. The van der Waals surface area contributed by atoms with Crippen LogP contribution in [0.4, 0.5) is 15.1 Å². The fourth-order valence-electron chi connectivity index (χ4n) is 4.27. The van der Waals surface area contributed by atoms with Gasteiger partial charge in [0.1, 0.15) is 10.8 Å². The van der Waals surface area contributed by atoms with Gasteiger partial charge in [-0.3, -0.25) is 4.68 Å². The fraction of sp³-hybridized carbons (Fsp3) is 0.375. The molecule has 0 amide bonds. The number of ether oxygens (including phenoxy) is 1. The number of methoxy groups -OCH3 is 1. The number of carbonyl (C=O) groups is 1. The van der Waals surface area contributed by atoms with Gasteiger partial charge in [0, 0.05) is 15.5 Å². The van der Waals surface area contributed by atoms with E-state index in [1.807, 2.05) is 13.8 Å². The van der Waals surface area contributed by atoms with Crippen molar-refractivity contribution in [3.05, 3.63) is 62.0 Å². The number of esters is 1. The molecule has 2 N–H and O–H groups in total. The van der Waals surface area contributed by atoms with Crippen LogP contribution in [0, 0.1) is 25.6 Å². The number of hydrogen-bond acceptors (Lipinski definition) is 5. The van der Waals surface area contributed by atoms with Crippen molar-refractivity contribution < 1.29 is 13.9 Å². The van der Waals surface area contributed by atoms with Gasteiger partial charge in [0.15, 0.2) is 5.11 Å². The number of anilines is 2. The fourth-order valence-corrected chi connectivity index (χ4v) is 6.16. The molecular formula is C24H26ClFN4O2S2. The molecular weight excluding hydrogens is 495 g/mol. The normalized spacial score (nSPS) is 15.1. The van der Waals surface area contributed by atoms with E-state index in [0.29, 0.717) is 37.9 Å². The maximum absolute atomic E-state index is 14.3. The first-order chi connectivity index (χ1) is 16.2. The van der Waals surface area contributed by atoms with Crippen LogP contribution in [0.1, 0.15) is 51.1 Å². The van der Waals surface area contributed by atoms with Gasteiger partial charge in [-0.2, -0.15) is 5.10 Å². The molecule has 6 nitrogen and oxygen atoms in total. The molecule has 34 heavy (non-hydrogen) atoms. The Bertz CT molecular complexity index is 1250. The summed E-state index contributed by atoms with van der Waals surface area (Å²) in [5, 5.41) is 12.3. The smallest absolute Gasteiger partial charge is 0.341 e. The van der Waals surface area contributed by atoms with E-state index >= 15 is 0 Å². The largest absolute Gasteiger partial charge is 0.465 e. The first kappa shape index (κ1) is 24.6. The minimum Gasteiger partial charge on any atom is -0.465 e. The van der Waals surface area contributed by atoms with Crippen molar-refractivity contribution >= 4 is 56.9 Å². The molecule has 2 heterocycles. The molecule has 0 unspecified atom stereocenters. The number of benzene rings is 1. The minimum atomic E-state index is -0.377. The Balaban J connectivity index is 1.56. The van der Waals surface area contributed by atoms with Gasteiger partial charge in [0.25, 0.3) is 0 Å². The second-order valence-electron chi connectivity index (χ2n) is 8.53. The summed E-state index contributed by atoms with van der Waals surface area (Å²) in [5.41, 5.74) is 4.22. The van der Waals surface area contributed by atoms with E-state index in [-0.39, 0.29) is 18.3 Å². The van der Waals surface area contributed by atoms with Crippen molar-refractivity contribution in [1.29, 1.82) is 0 Å². The van der Waals surface area contributed by atoms with E-state index in [2.05, 4.69) is 22.7 Å². The van der Waals surface area contributed by atoms with Gasteiger partial charge in [-0.1, -0.05) is 24.6 Å². The maximum Gasteiger partial charge on any atom is 0.341 e. The van der Waals surface area contributed by atoms with E-state index in [4.69, 9.17) is 28.6 Å². The average Bonchev–Trinajstić information content (AvgIpc) is 3.26. The highest BCUT2D eigenvalue weighted by atomic mass is 35.5. The SMILES string of the molecule is COC(=O)c1c(NC(=S)Nc2c(C)nn(Cc3c(F)cccc3Cl)c2C)sc2c1CC[C@@H](C)C2. The van der Waals surface area contributed by atoms with Gasteiger partial charge in [0.2, 0.25) is 0 Å². The van der Waals surface area contributed by atoms with Crippen molar-refractivity contribution in [3.8, 4) is 0 Å². The Morgan fingerprint density at radius 1 is 1.38 bits per heavy atom. The topological polar surface area (TPSA) is 68.2 Å². The van der Waals surface area contributed by atoms with E-state index in [1.165, 1.54) is 18.1 Å². The summed E-state index contributed by atoms with van der Waals surface area (Å²) >= 11 is 13.3. The van der Waals surface area contributed by atoms with Crippen LogP contribution in [0.3, 0.4) is 0 Å². The number of halogens is 2. The molecule has 180 valence electrons. The number of thiophene rings is 1. The van der Waals surface area contributed by atoms with Gasteiger partial charge in [-0.15, -0.1) is 11.3 Å². The predicted octanol–water partition coefficient (Wildman–Crippen LogP) is 6.12. The molecule has 0 saturated heterocycles. The van der Waals surface area contributed by atoms with Crippen molar-refractivity contribution in [2.45, 2.75) is 46.6 Å². The average molecular weight is 521 g/mol. The molecule has 1 aliphatic rings. The number of nitrogens with zero attached hydrogens (tertiary/aromatic N) is 2. The molecule has 2 aromatic heterocycles. The summed E-state index contributed by atoms with van der Waals surface area (Å²) in [5.74, 6) is -0.161. The second kappa shape index (κ2) is 10.0. The van der Waals surface area contributed by atoms with E-state index in [0.717, 1.165) is 36.2 Å². The van der Waals surface area contributed by atoms with Gasteiger partial charge in [-0.25, -0.2) is 9.18 Å². The lowest BCUT2D eigenvalue weighted by Crippen LogP contribution is -2.21. The number of thiocarbonyl (C=S) groups is 1. The summed E-state index contributed by atoms with van der Waals surface area (Å²) < 4.78 is 21.0. The van der Waals surface area contributed by atoms with Crippen molar-refractivity contribution in [3.63, 3.8) is 0 Å². The zero-order chi connectivity index (χ0) is 24.6. The molecule has 0 bridgehead atoms. The first-order valence-electron chi connectivity index (χ1n) is 11.0. The number of aromatic nitrogens is 2. The lowest BCUT2D eigenvalue weighted by molar-refractivity contribution is 0.0601. The molecule has 3 aromatic rings. The zero-order valence-electron chi connectivity index (χ0n) is 19.4. The molecule has 0 fully saturated rings. The Morgan fingerprint density at radius 3 is 2.85 bits per heavy atom. The second-order valence-corrected chi connectivity index (χ2v) is 10.5. The minimum absolute atomic E-state index is 0.197. The van der Waals surface area contributed by atoms with Gasteiger partial charge in [-0.05, 0) is 68.9 Å². The van der Waals surface area contributed by atoms with Crippen LogP contribution >= 0.6 is 35.2 Å². The van der Waals surface area contributed by atoms with Crippen LogP contribution < -0.4 is 10.6 Å². The zero-order valence-corrected chi connectivity index (χ0v) is 21.8. The number of rotatable bonds is 5. The number of aryl methyl sites for hydroxylation is 1. The third-order valence-corrected chi connectivity index (χ3v) is 7.85. The Labute approximate surface area is 212 Å². The molecule has 0 aliphatic heterocycles. The lowest BCUT2D eigenvalue weighted by atomic mass is 9.88. The highest BCUT2D eigenvalue weighted by Crippen LogP contribution is 2.40. The summed E-state index contributed by atoms with van der Waals surface area (Å²) in [4.78, 5) is 13.8. The Hall–Kier alpha value is -2.49. The van der Waals surface area contributed by atoms with Crippen LogP contribution in [0.5, 0.6) is 0 Å². The molecule has 0 spiro atoms. The highest BCUT2D eigenvalue weighted by molar-refractivity contribution is 7.80.